The predicted octanol–water partition coefficient (Wildman–Crippen LogP) is 13.4. The third-order valence-corrected chi connectivity index (χ3v) is 12.4. The van der Waals surface area contributed by atoms with Crippen molar-refractivity contribution in [2.75, 3.05) is 0 Å². The van der Waals surface area contributed by atoms with Gasteiger partial charge in [-0.3, -0.25) is 4.57 Å². The molecule has 3 heterocycles. The van der Waals surface area contributed by atoms with Crippen molar-refractivity contribution in [1.29, 1.82) is 0 Å². The minimum absolute atomic E-state index is 0.118. The van der Waals surface area contributed by atoms with Gasteiger partial charge in [-0.25, -0.2) is 4.98 Å². The Hall–Kier alpha value is -7.63. The van der Waals surface area contributed by atoms with E-state index in [9.17, 15) is 0 Å². The monoisotopic (exact) mass is 755 g/mol. The summed E-state index contributed by atoms with van der Waals surface area (Å²) in [4.78, 5) is 15.8. The van der Waals surface area contributed by atoms with Crippen LogP contribution in [0.5, 0.6) is 0 Å². The van der Waals surface area contributed by atoms with Crippen molar-refractivity contribution in [3.05, 3.63) is 199 Å². The van der Waals surface area contributed by atoms with Crippen molar-refractivity contribution in [3.63, 3.8) is 0 Å². The highest BCUT2D eigenvalue weighted by molar-refractivity contribution is 6.12. The molecule has 0 radical (unpaired) electrons. The Kier molecular flexibility index (Phi) is 7.20. The van der Waals surface area contributed by atoms with E-state index in [1.807, 2.05) is 6.07 Å². The first-order valence-corrected chi connectivity index (χ1v) is 20.2. The van der Waals surface area contributed by atoms with E-state index in [1.54, 1.807) is 0 Å². The maximum atomic E-state index is 5.30. The fourth-order valence-corrected chi connectivity index (χ4v) is 9.53. The van der Waals surface area contributed by atoms with Crippen molar-refractivity contribution in [1.82, 2.24) is 24.1 Å². The average molecular weight is 756 g/mol. The zero-order valence-electron chi connectivity index (χ0n) is 32.6. The first kappa shape index (κ1) is 33.5. The van der Waals surface area contributed by atoms with Gasteiger partial charge in [0, 0.05) is 43.8 Å². The van der Waals surface area contributed by atoms with Crippen molar-refractivity contribution >= 4 is 43.6 Å². The van der Waals surface area contributed by atoms with Gasteiger partial charge in [-0.2, -0.15) is 9.97 Å². The molecule has 0 amide bonds. The number of para-hydroxylation sites is 3. The van der Waals surface area contributed by atoms with Crippen LogP contribution in [-0.4, -0.2) is 24.1 Å². The summed E-state index contributed by atoms with van der Waals surface area (Å²) in [6.07, 6.45) is 0. The summed E-state index contributed by atoms with van der Waals surface area (Å²) in [5, 5.41) is 4.79. The largest absolute Gasteiger partial charge is 0.309 e. The Labute approximate surface area is 341 Å². The molecular weight excluding hydrogens is 719 g/mol. The normalized spacial score (nSPS) is 13.1. The van der Waals surface area contributed by atoms with Crippen LogP contribution < -0.4 is 0 Å². The molecule has 59 heavy (non-hydrogen) atoms. The lowest BCUT2D eigenvalue weighted by Crippen LogP contribution is -2.14. The van der Waals surface area contributed by atoms with E-state index in [0.29, 0.717) is 17.6 Å². The minimum Gasteiger partial charge on any atom is -0.309 e. The van der Waals surface area contributed by atoms with E-state index in [0.717, 1.165) is 49.7 Å². The summed E-state index contributed by atoms with van der Waals surface area (Å²) in [5.74, 6) is 1.80. The highest BCUT2D eigenvalue weighted by Crippen LogP contribution is 2.51. The Bertz CT molecular complexity index is 3410. The van der Waals surface area contributed by atoms with Crippen molar-refractivity contribution in [3.8, 4) is 56.7 Å². The molecule has 0 unspecified atom stereocenters. The zero-order chi connectivity index (χ0) is 39.2. The third-order valence-electron chi connectivity index (χ3n) is 12.4. The van der Waals surface area contributed by atoms with Crippen molar-refractivity contribution in [2.45, 2.75) is 19.3 Å². The highest BCUT2D eigenvalue weighted by Gasteiger charge is 2.36. The molecular formula is C54H37N5. The second-order valence-electron chi connectivity index (χ2n) is 16.1. The van der Waals surface area contributed by atoms with E-state index >= 15 is 0 Å². The number of fused-ring (bicyclic) bond motifs is 9. The van der Waals surface area contributed by atoms with E-state index in [1.165, 1.54) is 44.1 Å². The summed E-state index contributed by atoms with van der Waals surface area (Å²) >= 11 is 0. The van der Waals surface area contributed by atoms with Gasteiger partial charge in [-0.05, 0) is 75.8 Å². The molecule has 0 aliphatic heterocycles. The molecule has 0 saturated heterocycles. The molecule has 278 valence electrons. The first-order valence-electron chi connectivity index (χ1n) is 20.2. The van der Waals surface area contributed by atoms with Gasteiger partial charge >= 0.3 is 0 Å². The molecule has 0 N–H and O–H groups in total. The second kappa shape index (κ2) is 12.7. The number of aromatic nitrogens is 5. The zero-order valence-corrected chi connectivity index (χ0v) is 32.6. The van der Waals surface area contributed by atoms with Gasteiger partial charge in [0.1, 0.15) is 0 Å². The Morgan fingerprint density at radius 1 is 0.356 bits per heavy atom. The summed E-state index contributed by atoms with van der Waals surface area (Å²) < 4.78 is 4.58. The maximum absolute atomic E-state index is 5.30. The molecule has 0 saturated carbocycles. The van der Waals surface area contributed by atoms with Crippen molar-refractivity contribution in [2.24, 2.45) is 0 Å². The van der Waals surface area contributed by atoms with Gasteiger partial charge in [-0.15, -0.1) is 0 Å². The summed E-state index contributed by atoms with van der Waals surface area (Å²) in [6.45, 7) is 4.69. The predicted molar refractivity (Wildman–Crippen MR) is 242 cm³/mol. The van der Waals surface area contributed by atoms with E-state index in [-0.39, 0.29) is 5.41 Å². The average Bonchev–Trinajstić information content (AvgIpc) is 3.89. The molecule has 12 rings (SSSR count). The van der Waals surface area contributed by atoms with Crippen LogP contribution in [0.1, 0.15) is 25.0 Å². The topological polar surface area (TPSA) is 48.5 Å². The fraction of sp³-hybridized carbons (Fsp3) is 0.0556. The van der Waals surface area contributed by atoms with Crippen LogP contribution >= 0.6 is 0 Å². The van der Waals surface area contributed by atoms with Gasteiger partial charge in [0.25, 0.3) is 0 Å². The molecule has 0 fully saturated rings. The number of benzene rings is 8. The van der Waals surface area contributed by atoms with Crippen LogP contribution in [0.3, 0.4) is 0 Å². The molecule has 0 spiro atoms. The van der Waals surface area contributed by atoms with Gasteiger partial charge in [0.2, 0.25) is 5.95 Å². The van der Waals surface area contributed by atoms with Crippen LogP contribution in [0.2, 0.25) is 0 Å². The molecule has 1 aliphatic rings. The van der Waals surface area contributed by atoms with Crippen molar-refractivity contribution < 1.29 is 0 Å². The molecule has 3 aromatic heterocycles. The quantitative estimate of drug-likeness (QED) is 0.176. The lowest BCUT2D eigenvalue weighted by molar-refractivity contribution is 0.661. The van der Waals surface area contributed by atoms with Crippen LogP contribution in [0.4, 0.5) is 0 Å². The standard InChI is InChI=1S/C54H37N5/c1-54(2)45-23-10-6-19-39(45)43-32-44-42-22-9-11-24-47(42)58(50(44)33-46(43)54)38-18-14-17-37(31-38)52-55-51(36-29-27-35(28-30-36)34-15-4-3-5-16-34)56-53(57-52)59-48-25-12-7-20-40(48)41-21-8-13-26-49(41)59/h3-33H,1-2H3. The lowest BCUT2D eigenvalue weighted by Gasteiger charge is -2.21. The fourth-order valence-electron chi connectivity index (χ4n) is 9.53. The summed E-state index contributed by atoms with van der Waals surface area (Å²) in [5.41, 5.74) is 14.9. The highest BCUT2D eigenvalue weighted by atomic mass is 15.2. The van der Waals surface area contributed by atoms with Gasteiger partial charge < -0.3 is 4.57 Å². The Morgan fingerprint density at radius 2 is 0.898 bits per heavy atom. The van der Waals surface area contributed by atoms with Crippen LogP contribution in [0.15, 0.2) is 188 Å². The number of hydrogen-bond donors (Lipinski definition) is 0. The summed E-state index contributed by atoms with van der Waals surface area (Å²) in [6, 6.07) is 67.1. The molecule has 0 bridgehead atoms. The molecule has 1 aliphatic carbocycles. The minimum atomic E-state index is -0.118. The maximum Gasteiger partial charge on any atom is 0.238 e. The smallest absolute Gasteiger partial charge is 0.238 e. The molecule has 0 atom stereocenters. The van der Waals surface area contributed by atoms with Gasteiger partial charge in [-0.1, -0.05) is 159 Å². The van der Waals surface area contributed by atoms with E-state index in [2.05, 4.69) is 205 Å². The first-order chi connectivity index (χ1) is 29.0. The number of nitrogens with zero attached hydrogens (tertiary/aromatic N) is 5. The van der Waals surface area contributed by atoms with E-state index < -0.39 is 0 Å². The van der Waals surface area contributed by atoms with Crippen LogP contribution in [0.25, 0.3) is 100 Å². The van der Waals surface area contributed by atoms with Gasteiger partial charge in [0.05, 0.1) is 22.1 Å². The Balaban J connectivity index is 1.07. The Morgan fingerprint density at radius 3 is 1.61 bits per heavy atom. The molecule has 8 aromatic carbocycles. The number of rotatable bonds is 5. The van der Waals surface area contributed by atoms with E-state index in [4.69, 9.17) is 15.0 Å². The number of hydrogen-bond acceptors (Lipinski definition) is 3. The molecule has 11 aromatic rings. The second-order valence-corrected chi connectivity index (χ2v) is 16.1. The van der Waals surface area contributed by atoms with Crippen LogP contribution in [0, 0.1) is 0 Å². The SMILES string of the molecule is CC1(C)c2ccccc2-c2cc3c4ccccc4n(-c4cccc(-c5nc(-c6ccc(-c7ccccc7)cc6)nc(-n6c7ccccc7c7ccccc76)n5)c4)c3cc21. The molecule has 5 nitrogen and oxygen atoms in total. The van der Waals surface area contributed by atoms with Gasteiger partial charge in [0.15, 0.2) is 11.6 Å². The third kappa shape index (κ3) is 5.08. The molecule has 5 heteroatoms. The summed E-state index contributed by atoms with van der Waals surface area (Å²) in [7, 11) is 0. The van der Waals surface area contributed by atoms with Crippen LogP contribution in [-0.2, 0) is 5.41 Å². The lowest BCUT2D eigenvalue weighted by atomic mass is 9.82.